The minimum Gasteiger partial charge on any atom is -0.301 e. The number of sulfonamides is 1. The molecule has 0 aliphatic carbocycles. The zero-order valence-electron chi connectivity index (χ0n) is 20.1. The number of imide groups is 1. The summed E-state index contributed by atoms with van der Waals surface area (Å²) in [4.78, 5) is 29.2. The van der Waals surface area contributed by atoms with Crippen molar-refractivity contribution in [1.29, 1.82) is 0 Å². The molecule has 7 nitrogen and oxygen atoms in total. The Bertz CT molecular complexity index is 1450. The maximum Gasteiger partial charge on any atom is 0.261 e. The van der Waals surface area contributed by atoms with Crippen molar-refractivity contribution in [1.82, 2.24) is 14.1 Å². The molecule has 0 aromatic heterocycles. The number of hydrogen-bond acceptors (Lipinski definition) is 5. The van der Waals surface area contributed by atoms with Crippen molar-refractivity contribution < 1.29 is 18.0 Å². The van der Waals surface area contributed by atoms with Gasteiger partial charge in [0.2, 0.25) is 10.0 Å². The summed E-state index contributed by atoms with van der Waals surface area (Å²) in [5.41, 5.74) is 2.60. The predicted molar refractivity (Wildman–Crippen MR) is 140 cm³/mol. The second-order valence-corrected chi connectivity index (χ2v) is 12.0. The molecule has 37 heavy (non-hydrogen) atoms. The lowest BCUT2D eigenvalue weighted by molar-refractivity contribution is 0.0621. The van der Waals surface area contributed by atoms with Crippen molar-refractivity contribution >= 4 is 33.4 Å². The maximum absolute atomic E-state index is 13.7. The molecule has 1 unspecified atom stereocenters. The van der Waals surface area contributed by atoms with Crippen molar-refractivity contribution in [2.24, 2.45) is 0 Å². The Morgan fingerprint density at radius 2 is 1.38 bits per heavy atom. The van der Waals surface area contributed by atoms with Gasteiger partial charge in [0.15, 0.2) is 0 Å². The van der Waals surface area contributed by atoms with Gasteiger partial charge in [-0.15, -0.1) is 0 Å². The van der Waals surface area contributed by atoms with Crippen LogP contribution in [0.4, 0.5) is 0 Å². The van der Waals surface area contributed by atoms with Gasteiger partial charge < -0.3 is 4.90 Å². The minimum atomic E-state index is -3.66. The number of carbonyl (C=O) groups excluding carboxylic acids is 2. The van der Waals surface area contributed by atoms with Crippen LogP contribution in [0.2, 0.25) is 5.02 Å². The zero-order chi connectivity index (χ0) is 25.7. The molecule has 3 aromatic rings. The van der Waals surface area contributed by atoms with E-state index in [1.54, 1.807) is 52.8 Å². The van der Waals surface area contributed by atoms with Gasteiger partial charge in [-0.25, -0.2) is 8.42 Å². The third-order valence-corrected chi connectivity index (χ3v) is 9.89. The Morgan fingerprint density at radius 1 is 0.784 bits per heavy atom. The lowest BCUT2D eigenvalue weighted by Gasteiger charge is -2.38. The lowest BCUT2D eigenvalue weighted by Crippen LogP contribution is -2.48. The summed E-state index contributed by atoms with van der Waals surface area (Å²) >= 11 is 6.11. The van der Waals surface area contributed by atoms with Crippen LogP contribution < -0.4 is 0 Å². The Balaban J connectivity index is 1.17. The molecule has 0 radical (unpaired) electrons. The fourth-order valence-corrected chi connectivity index (χ4v) is 7.99. The number of fused-ring (bicyclic) bond motifs is 2. The van der Waals surface area contributed by atoms with Crippen LogP contribution in [0, 0.1) is 0 Å². The topological polar surface area (TPSA) is 78.0 Å². The van der Waals surface area contributed by atoms with E-state index >= 15 is 0 Å². The number of hydrogen-bond donors (Lipinski definition) is 0. The molecular formula is C28H26ClN3O4S. The summed E-state index contributed by atoms with van der Waals surface area (Å²) in [6, 6.07) is 21.0. The van der Waals surface area contributed by atoms with Crippen LogP contribution in [0.25, 0.3) is 0 Å². The van der Waals surface area contributed by atoms with E-state index < -0.39 is 16.1 Å². The third-order valence-electron chi connectivity index (χ3n) is 7.64. The van der Waals surface area contributed by atoms with E-state index in [1.165, 1.54) is 4.90 Å². The normalized spacial score (nSPS) is 21.9. The van der Waals surface area contributed by atoms with Crippen LogP contribution in [0.3, 0.4) is 0 Å². The molecule has 2 amide bonds. The second-order valence-electron chi connectivity index (χ2n) is 9.71. The zero-order valence-corrected chi connectivity index (χ0v) is 21.7. The molecule has 0 bridgehead atoms. The molecule has 1 atom stereocenters. The largest absolute Gasteiger partial charge is 0.301 e. The number of likely N-dealkylation sites (tertiary alicyclic amines) is 1. The SMILES string of the molecule is O=C1c2ccccc2C(=O)N1CCN1CCC(N2C(c3ccc(Cl)cc3)c3ccccc3S2(=O)=O)CC1. The molecule has 3 heterocycles. The number of nitrogens with zero attached hydrogens (tertiary/aromatic N) is 3. The Hall–Kier alpha value is -3.04. The van der Waals surface area contributed by atoms with Crippen LogP contribution >= 0.6 is 11.6 Å². The van der Waals surface area contributed by atoms with Crippen molar-refractivity contribution in [2.45, 2.75) is 29.8 Å². The fraction of sp³-hybridized carbons (Fsp3) is 0.286. The number of rotatable bonds is 5. The first-order chi connectivity index (χ1) is 17.9. The van der Waals surface area contributed by atoms with Gasteiger partial charge in [0.05, 0.1) is 22.1 Å². The molecular weight excluding hydrogens is 510 g/mol. The number of piperidine rings is 1. The summed E-state index contributed by atoms with van der Waals surface area (Å²) in [5, 5.41) is 0.607. The van der Waals surface area contributed by atoms with Crippen LogP contribution in [0.15, 0.2) is 77.7 Å². The maximum atomic E-state index is 13.7. The number of amides is 2. The van der Waals surface area contributed by atoms with Crippen LogP contribution in [-0.4, -0.2) is 66.6 Å². The van der Waals surface area contributed by atoms with E-state index in [9.17, 15) is 18.0 Å². The molecule has 0 saturated carbocycles. The third kappa shape index (κ3) is 4.08. The van der Waals surface area contributed by atoms with Gasteiger partial charge >= 0.3 is 0 Å². The lowest BCUT2D eigenvalue weighted by atomic mass is 9.95. The smallest absolute Gasteiger partial charge is 0.261 e. The molecule has 9 heteroatoms. The van der Waals surface area contributed by atoms with Crippen LogP contribution in [0.1, 0.15) is 50.7 Å². The Kier molecular flexibility index (Phi) is 6.15. The Morgan fingerprint density at radius 3 is 2.03 bits per heavy atom. The molecule has 3 aliphatic rings. The van der Waals surface area contributed by atoms with Gasteiger partial charge in [0.1, 0.15) is 0 Å². The molecule has 6 rings (SSSR count). The summed E-state index contributed by atoms with van der Waals surface area (Å²) in [6.07, 6.45) is 1.33. The average molecular weight is 536 g/mol. The highest BCUT2D eigenvalue weighted by molar-refractivity contribution is 7.89. The average Bonchev–Trinajstić information content (AvgIpc) is 3.30. The van der Waals surface area contributed by atoms with Gasteiger partial charge in [-0.2, -0.15) is 4.31 Å². The number of carbonyl (C=O) groups is 2. The summed E-state index contributed by atoms with van der Waals surface area (Å²) in [5.74, 6) is -0.496. The summed E-state index contributed by atoms with van der Waals surface area (Å²) in [7, 11) is -3.66. The monoisotopic (exact) mass is 535 g/mol. The first kappa shape index (κ1) is 24.3. The highest BCUT2D eigenvalue weighted by Gasteiger charge is 2.47. The van der Waals surface area contributed by atoms with Gasteiger partial charge in [0, 0.05) is 24.2 Å². The first-order valence-corrected chi connectivity index (χ1v) is 14.2. The van der Waals surface area contributed by atoms with Crippen LogP contribution in [-0.2, 0) is 10.0 Å². The van der Waals surface area contributed by atoms with E-state index in [2.05, 4.69) is 4.90 Å². The Labute approximate surface area is 221 Å². The van der Waals surface area contributed by atoms with E-state index in [0.29, 0.717) is 60.1 Å². The molecule has 1 fully saturated rings. The second kappa shape index (κ2) is 9.36. The fourth-order valence-electron chi connectivity index (χ4n) is 5.79. The van der Waals surface area contributed by atoms with Crippen LogP contribution in [0.5, 0.6) is 0 Å². The predicted octanol–water partition coefficient (Wildman–Crippen LogP) is 4.19. The van der Waals surface area contributed by atoms with E-state index in [0.717, 1.165) is 11.1 Å². The molecule has 1 saturated heterocycles. The minimum absolute atomic E-state index is 0.159. The number of benzene rings is 3. The highest BCUT2D eigenvalue weighted by atomic mass is 35.5. The standard InChI is InChI=1S/C28H26ClN3O4S/c29-20-11-9-19(10-12-20)26-24-7-3-4-8-25(24)37(35,36)32(26)21-13-15-30(16-14-21)17-18-31-27(33)22-5-1-2-6-23(22)28(31)34/h1-12,21,26H,13-18H2. The molecule has 3 aromatic carbocycles. The van der Waals surface area contributed by atoms with E-state index in [1.807, 2.05) is 24.3 Å². The highest BCUT2D eigenvalue weighted by Crippen LogP contribution is 2.46. The first-order valence-electron chi connectivity index (χ1n) is 12.4. The van der Waals surface area contributed by atoms with E-state index in [-0.39, 0.29) is 17.9 Å². The van der Waals surface area contributed by atoms with Gasteiger partial charge in [-0.05, 0) is 67.4 Å². The van der Waals surface area contributed by atoms with Gasteiger partial charge in [0.25, 0.3) is 11.8 Å². The molecule has 190 valence electrons. The van der Waals surface area contributed by atoms with Crippen molar-refractivity contribution in [2.75, 3.05) is 26.2 Å². The molecule has 0 N–H and O–H groups in total. The summed E-state index contributed by atoms with van der Waals surface area (Å²) < 4.78 is 29.1. The van der Waals surface area contributed by atoms with Crippen molar-refractivity contribution in [3.63, 3.8) is 0 Å². The summed E-state index contributed by atoms with van der Waals surface area (Å²) in [6.45, 7) is 2.25. The van der Waals surface area contributed by atoms with E-state index in [4.69, 9.17) is 11.6 Å². The van der Waals surface area contributed by atoms with Crippen molar-refractivity contribution in [3.05, 3.63) is 100 Å². The van der Waals surface area contributed by atoms with Gasteiger partial charge in [-0.1, -0.05) is 54.1 Å². The molecule has 3 aliphatic heterocycles. The number of halogens is 1. The van der Waals surface area contributed by atoms with Gasteiger partial charge in [-0.3, -0.25) is 14.5 Å². The molecule has 0 spiro atoms. The van der Waals surface area contributed by atoms with Crippen molar-refractivity contribution in [3.8, 4) is 0 Å². The quantitative estimate of drug-likeness (QED) is 0.458.